The maximum Gasteiger partial charge on any atom is 0.321 e. The molecule has 2 aromatic carbocycles. The molecule has 0 saturated carbocycles. The number of hydrogen-bond acceptors (Lipinski definition) is 5. The van der Waals surface area contributed by atoms with Crippen LogP contribution in [0.3, 0.4) is 0 Å². The highest BCUT2D eigenvalue weighted by Gasteiger charge is 2.21. The number of rotatable bonds is 6. The van der Waals surface area contributed by atoms with Gasteiger partial charge in [0.2, 0.25) is 5.13 Å². The normalized spacial score (nSPS) is 13.0. The zero-order chi connectivity index (χ0) is 18.4. The summed E-state index contributed by atoms with van der Waals surface area (Å²) in [5.41, 5.74) is 1.94. The van der Waals surface area contributed by atoms with Crippen molar-refractivity contribution in [1.82, 2.24) is 14.7 Å². The minimum absolute atomic E-state index is 0.0266. The second-order valence-corrected chi connectivity index (χ2v) is 6.63. The Balaban J connectivity index is 1.62. The molecule has 0 unspecified atom stereocenters. The van der Waals surface area contributed by atoms with Crippen molar-refractivity contribution in [3.05, 3.63) is 66.2 Å². The number of urea groups is 1. The van der Waals surface area contributed by atoms with Crippen LogP contribution in [0.2, 0.25) is 0 Å². The fourth-order valence-corrected chi connectivity index (χ4v) is 3.18. The van der Waals surface area contributed by atoms with E-state index >= 15 is 0 Å². The van der Waals surface area contributed by atoms with Gasteiger partial charge in [0.15, 0.2) is 5.82 Å². The van der Waals surface area contributed by atoms with Gasteiger partial charge >= 0.3 is 6.03 Å². The van der Waals surface area contributed by atoms with Crippen molar-refractivity contribution in [2.24, 2.45) is 0 Å². The van der Waals surface area contributed by atoms with E-state index in [4.69, 9.17) is 0 Å². The number of hydrogen-bond donors (Lipinski definition) is 3. The first-order valence-corrected chi connectivity index (χ1v) is 9.07. The molecule has 3 N–H and O–H groups in total. The first kappa shape index (κ1) is 18.0. The van der Waals surface area contributed by atoms with E-state index in [0.717, 1.165) is 22.7 Å². The Morgan fingerprint density at radius 2 is 1.77 bits per heavy atom. The van der Waals surface area contributed by atoms with Crippen LogP contribution >= 0.6 is 11.5 Å². The topological polar surface area (TPSA) is 87.1 Å². The van der Waals surface area contributed by atoms with Crippen molar-refractivity contribution >= 4 is 22.7 Å². The largest absolute Gasteiger partial charge is 0.394 e. The summed E-state index contributed by atoms with van der Waals surface area (Å²) in [5, 5.41) is 15.6. The predicted octanol–water partition coefficient (Wildman–Crippen LogP) is 3.49. The maximum absolute atomic E-state index is 12.3. The Hall–Kier alpha value is -2.77. The summed E-state index contributed by atoms with van der Waals surface area (Å²) >= 11 is 1.12. The van der Waals surface area contributed by atoms with Gasteiger partial charge in [-0.25, -0.2) is 4.79 Å². The number of aliphatic hydroxyl groups excluding tert-OH is 1. The van der Waals surface area contributed by atoms with Crippen molar-refractivity contribution in [2.45, 2.75) is 18.9 Å². The van der Waals surface area contributed by atoms with Crippen LogP contribution in [-0.4, -0.2) is 33.1 Å². The van der Waals surface area contributed by atoms with E-state index in [1.807, 2.05) is 67.6 Å². The molecule has 1 aromatic heterocycles. The minimum Gasteiger partial charge on any atom is -0.394 e. The van der Waals surface area contributed by atoms with E-state index in [1.165, 1.54) is 0 Å². The highest BCUT2D eigenvalue weighted by atomic mass is 32.1. The first-order chi connectivity index (χ1) is 12.7. The molecule has 6 nitrogen and oxygen atoms in total. The van der Waals surface area contributed by atoms with E-state index < -0.39 is 12.1 Å². The zero-order valence-electron chi connectivity index (χ0n) is 14.3. The SMILES string of the molecule is C[C@@H](c1ccccc1)[C@H](CO)NC(=O)Nc1nc(-c2ccccc2)ns1. The molecular weight excluding hydrogens is 348 g/mol. The van der Waals surface area contributed by atoms with E-state index in [0.29, 0.717) is 11.0 Å². The van der Waals surface area contributed by atoms with E-state index in [1.54, 1.807) is 0 Å². The van der Waals surface area contributed by atoms with Gasteiger partial charge in [-0.1, -0.05) is 67.6 Å². The summed E-state index contributed by atoms with van der Waals surface area (Å²) < 4.78 is 4.26. The number of nitrogens with zero attached hydrogens (tertiary/aromatic N) is 2. The van der Waals surface area contributed by atoms with Gasteiger partial charge in [0.1, 0.15) is 0 Å². The third-order valence-corrected chi connectivity index (χ3v) is 4.75. The van der Waals surface area contributed by atoms with Gasteiger partial charge in [0, 0.05) is 23.0 Å². The Kier molecular flexibility index (Phi) is 5.93. The van der Waals surface area contributed by atoms with Crippen molar-refractivity contribution < 1.29 is 9.90 Å². The molecule has 26 heavy (non-hydrogen) atoms. The number of benzene rings is 2. The van der Waals surface area contributed by atoms with Gasteiger partial charge in [-0.15, -0.1) is 0 Å². The van der Waals surface area contributed by atoms with Gasteiger partial charge in [0.05, 0.1) is 12.6 Å². The highest BCUT2D eigenvalue weighted by molar-refractivity contribution is 7.10. The molecule has 0 fully saturated rings. The number of amides is 2. The Labute approximate surface area is 156 Å². The number of aliphatic hydroxyl groups is 1. The number of nitrogens with one attached hydrogen (secondary N) is 2. The molecule has 7 heteroatoms. The second kappa shape index (κ2) is 8.55. The molecule has 3 rings (SSSR count). The van der Waals surface area contributed by atoms with Crippen molar-refractivity contribution in [1.29, 1.82) is 0 Å². The minimum atomic E-state index is -0.414. The molecular formula is C19H20N4O2S. The molecule has 0 spiro atoms. The molecule has 0 aliphatic carbocycles. The lowest BCUT2D eigenvalue weighted by atomic mass is 9.94. The third kappa shape index (κ3) is 4.44. The quantitative estimate of drug-likeness (QED) is 0.621. The molecule has 1 heterocycles. The average Bonchev–Trinajstić information content (AvgIpc) is 3.15. The molecule has 134 valence electrons. The number of carbonyl (C=O) groups is 1. The predicted molar refractivity (Wildman–Crippen MR) is 103 cm³/mol. The lowest BCUT2D eigenvalue weighted by Gasteiger charge is -2.23. The van der Waals surface area contributed by atoms with Crippen LogP contribution in [0.15, 0.2) is 60.7 Å². The van der Waals surface area contributed by atoms with Crippen molar-refractivity contribution in [3.8, 4) is 11.4 Å². The zero-order valence-corrected chi connectivity index (χ0v) is 15.1. The van der Waals surface area contributed by atoms with Gasteiger partial charge in [-0.3, -0.25) is 5.32 Å². The molecule has 2 atom stereocenters. The van der Waals surface area contributed by atoms with Gasteiger partial charge in [0.25, 0.3) is 0 Å². The summed E-state index contributed by atoms with van der Waals surface area (Å²) in [6, 6.07) is 18.5. The van der Waals surface area contributed by atoms with Crippen molar-refractivity contribution in [3.63, 3.8) is 0 Å². The fourth-order valence-electron chi connectivity index (χ4n) is 2.60. The molecule has 0 radical (unpaired) electrons. The number of carbonyl (C=O) groups excluding carboxylic acids is 1. The van der Waals surface area contributed by atoms with E-state index in [-0.39, 0.29) is 12.5 Å². The van der Waals surface area contributed by atoms with Gasteiger partial charge < -0.3 is 10.4 Å². The monoisotopic (exact) mass is 368 g/mol. The van der Waals surface area contributed by atoms with Gasteiger partial charge in [-0.2, -0.15) is 9.36 Å². The lowest BCUT2D eigenvalue weighted by Crippen LogP contribution is -2.43. The standard InChI is InChI=1S/C19H20N4O2S/c1-13(14-8-4-2-5-9-14)16(12-24)20-18(25)22-19-21-17(23-26-19)15-10-6-3-7-11-15/h2-11,13,16,24H,12H2,1H3,(H2,20,21,22,23,25)/t13-,16-/m0/s1. The lowest BCUT2D eigenvalue weighted by molar-refractivity contribution is 0.215. The van der Waals surface area contributed by atoms with Crippen LogP contribution in [-0.2, 0) is 0 Å². The molecule has 0 aliphatic rings. The second-order valence-electron chi connectivity index (χ2n) is 5.88. The fraction of sp³-hybridized carbons (Fsp3) is 0.211. The molecule has 0 bridgehead atoms. The Morgan fingerprint density at radius 1 is 1.12 bits per heavy atom. The summed E-state index contributed by atoms with van der Waals surface area (Å²) in [7, 11) is 0. The van der Waals surface area contributed by atoms with Gasteiger partial charge in [-0.05, 0) is 5.56 Å². The first-order valence-electron chi connectivity index (χ1n) is 8.30. The number of anilines is 1. The molecule has 0 aliphatic heterocycles. The van der Waals surface area contributed by atoms with Crippen LogP contribution < -0.4 is 10.6 Å². The van der Waals surface area contributed by atoms with Crippen LogP contribution in [0.5, 0.6) is 0 Å². The van der Waals surface area contributed by atoms with Crippen LogP contribution in [0.25, 0.3) is 11.4 Å². The molecule has 0 saturated heterocycles. The summed E-state index contributed by atoms with van der Waals surface area (Å²) in [5.74, 6) is 0.545. The summed E-state index contributed by atoms with van der Waals surface area (Å²) in [4.78, 5) is 16.6. The van der Waals surface area contributed by atoms with Crippen LogP contribution in [0.1, 0.15) is 18.4 Å². The number of aromatic nitrogens is 2. The van der Waals surface area contributed by atoms with Crippen LogP contribution in [0, 0.1) is 0 Å². The average molecular weight is 368 g/mol. The van der Waals surface area contributed by atoms with E-state index in [2.05, 4.69) is 20.0 Å². The molecule has 3 aromatic rings. The van der Waals surface area contributed by atoms with Crippen molar-refractivity contribution in [2.75, 3.05) is 11.9 Å². The third-order valence-electron chi connectivity index (χ3n) is 4.12. The molecule has 2 amide bonds. The highest BCUT2D eigenvalue weighted by Crippen LogP contribution is 2.21. The Bertz CT molecular complexity index is 839. The van der Waals surface area contributed by atoms with Crippen LogP contribution in [0.4, 0.5) is 9.93 Å². The Morgan fingerprint density at radius 3 is 2.42 bits per heavy atom. The smallest absolute Gasteiger partial charge is 0.321 e. The summed E-state index contributed by atoms with van der Waals surface area (Å²) in [6.07, 6.45) is 0. The maximum atomic E-state index is 12.3. The van der Waals surface area contributed by atoms with E-state index in [9.17, 15) is 9.90 Å². The summed E-state index contributed by atoms with van der Waals surface area (Å²) in [6.45, 7) is 1.81.